The summed E-state index contributed by atoms with van der Waals surface area (Å²) >= 11 is 0. The van der Waals surface area contributed by atoms with Crippen molar-refractivity contribution in [2.75, 3.05) is 6.54 Å². The molecular weight excluding hydrogens is 219 g/mol. The summed E-state index contributed by atoms with van der Waals surface area (Å²) in [5, 5.41) is 3.26. The molecule has 4 heteroatoms. The number of aromatic nitrogens is 1. The van der Waals surface area contributed by atoms with Crippen LogP contribution in [0.25, 0.3) is 0 Å². The molecule has 2 heterocycles. The molecule has 1 atom stereocenters. The van der Waals surface area contributed by atoms with E-state index in [0.29, 0.717) is 5.56 Å². The van der Waals surface area contributed by atoms with Crippen molar-refractivity contribution in [3.05, 3.63) is 53.5 Å². The Balaban J connectivity index is 2.43. The van der Waals surface area contributed by atoms with E-state index >= 15 is 0 Å². The maximum Gasteiger partial charge on any atom is 0.146 e. The van der Waals surface area contributed by atoms with E-state index in [-0.39, 0.29) is 11.9 Å². The van der Waals surface area contributed by atoms with Gasteiger partial charge in [-0.25, -0.2) is 4.39 Å². The lowest BCUT2D eigenvalue weighted by molar-refractivity contribution is 0.512. The zero-order valence-corrected chi connectivity index (χ0v) is 9.90. The Hall–Kier alpha value is -1.68. The number of hydrogen-bond donors (Lipinski definition) is 1. The number of pyridine rings is 1. The lowest BCUT2D eigenvalue weighted by Crippen LogP contribution is -2.23. The average Bonchev–Trinajstić information content (AvgIpc) is 2.74. The van der Waals surface area contributed by atoms with Gasteiger partial charge in [-0.2, -0.15) is 0 Å². The number of hydrogen-bond acceptors (Lipinski definition) is 3. The fraction of sp³-hybridized carbons (Fsp3) is 0.308. The number of rotatable bonds is 4. The third-order valence-electron chi connectivity index (χ3n) is 2.73. The Morgan fingerprint density at radius 1 is 1.41 bits per heavy atom. The van der Waals surface area contributed by atoms with Crippen molar-refractivity contribution in [3.63, 3.8) is 0 Å². The summed E-state index contributed by atoms with van der Waals surface area (Å²) in [6.07, 6.45) is 4.45. The van der Waals surface area contributed by atoms with Crippen LogP contribution in [-0.4, -0.2) is 11.5 Å². The Kier molecular flexibility index (Phi) is 3.54. The summed E-state index contributed by atoms with van der Waals surface area (Å²) < 4.78 is 19.0. The van der Waals surface area contributed by atoms with E-state index in [1.807, 2.05) is 19.9 Å². The van der Waals surface area contributed by atoms with Gasteiger partial charge in [-0.1, -0.05) is 6.92 Å². The summed E-state index contributed by atoms with van der Waals surface area (Å²) in [6.45, 7) is 4.61. The van der Waals surface area contributed by atoms with E-state index in [2.05, 4.69) is 10.3 Å². The van der Waals surface area contributed by atoms with Gasteiger partial charge in [0, 0.05) is 17.3 Å². The van der Waals surface area contributed by atoms with Crippen LogP contribution in [0.4, 0.5) is 4.39 Å². The normalized spacial score (nSPS) is 12.6. The molecule has 0 radical (unpaired) electrons. The predicted molar refractivity (Wildman–Crippen MR) is 63.2 cm³/mol. The highest BCUT2D eigenvalue weighted by atomic mass is 19.1. The number of halogens is 1. The first-order valence-electron chi connectivity index (χ1n) is 5.60. The molecule has 0 saturated carbocycles. The van der Waals surface area contributed by atoms with Crippen molar-refractivity contribution >= 4 is 0 Å². The van der Waals surface area contributed by atoms with Crippen LogP contribution in [0.5, 0.6) is 0 Å². The van der Waals surface area contributed by atoms with Crippen LogP contribution in [-0.2, 0) is 0 Å². The van der Waals surface area contributed by atoms with Crippen LogP contribution >= 0.6 is 0 Å². The summed E-state index contributed by atoms with van der Waals surface area (Å²) in [5.74, 6) is 0.492. The molecule has 0 aliphatic rings. The lowest BCUT2D eigenvalue weighted by Gasteiger charge is -2.18. The van der Waals surface area contributed by atoms with Crippen LogP contribution in [0.1, 0.15) is 29.9 Å². The van der Waals surface area contributed by atoms with Crippen LogP contribution in [0.15, 0.2) is 35.2 Å². The molecule has 2 aromatic heterocycles. The molecule has 3 nitrogen and oxygen atoms in total. The molecule has 0 fully saturated rings. The minimum Gasteiger partial charge on any atom is -0.469 e. The lowest BCUT2D eigenvalue weighted by atomic mass is 10.00. The largest absolute Gasteiger partial charge is 0.469 e. The van der Waals surface area contributed by atoms with Crippen molar-refractivity contribution in [1.29, 1.82) is 0 Å². The van der Waals surface area contributed by atoms with Crippen molar-refractivity contribution in [3.8, 4) is 0 Å². The fourth-order valence-corrected chi connectivity index (χ4v) is 1.91. The fourth-order valence-electron chi connectivity index (χ4n) is 1.91. The molecule has 2 rings (SSSR count). The minimum absolute atomic E-state index is 0.193. The minimum atomic E-state index is -0.306. The molecule has 0 amide bonds. The van der Waals surface area contributed by atoms with E-state index in [0.717, 1.165) is 17.9 Å². The maximum atomic E-state index is 13.8. The van der Waals surface area contributed by atoms with Gasteiger partial charge >= 0.3 is 0 Å². The smallest absolute Gasteiger partial charge is 0.146 e. The second-order valence-corrected chi connectivity index (χ2v) is 3.82. The van der Waals surface area contributed by atoms with Crippen LogP contribution < -0.4 is 5.32 Å². The Labute approximate surface area is 99.7 Å². The summed E-state index contributed by atoms with van der Waals surface area (Å²) in [4.78, 5) is 3.76. The molecule has 1 unspecified atom stereocenters. The van der Waals surface area contributed by atoms with Crippen molar-refractivity contribution in [1.82, 2.24) is 10.3 Å². The zero-order valence-electron chi connectivity index (χ0n) is 9.90. The van der Waals surface area contributed by atoms with Gasteiger partial charge in [0.1, 0.15) is 11.6 Å². The first-order chi connectivity index (χ1) is 8.24. The van der Waals surface area contributed by atoms with Crippen LogP contribution in [0.3, 0.4) is 0 Å². The van der Waals surface area contributed by atoms with Gasteiger partial charge in [0.25, 0.3) is 0 Å². The number of nitrogens with zero attached hydrogens (tertiary/aromatic N) is 1. The summed E-state index contributed by atoms with van der Waals surface area (Å²) in [5.41, 5.74) is 1.54. The molecule has 2 aromatic rings. The number of nitrogens with one attached hydrogen (secondary N) is 1. The third-order valence-corrected chi connectivity index (χ3v) is 2.73. The van der Waals surface area contributed by atoms with Gasteiger partial charge in [-0.3, -0.25) is 4.98 Å². The average molecular weight is 234 g/mol. The second-order valence-electron chi connectivity index (χ2n) is 3.82. The van der Waals surface area contributed by atoms with Crippen molar-refractivity contribution in [2.45, 2.75) is 19.9 Å². The third kappa shape index (κ3) is 2.36. The maximum absolute atomic E-state index is 13.8. The molecule has 0 saturated heterocycles. The van der Waals surface area contributed by atoms with E-state index in [4.69, 9.17) is 4.42 Å². The van der Waals surface area contributed by atoms with Gasteiger partial charge in [-0.05, 0) is 25.6 Å². The number of aryl methyl sites for hydroxylation is 1. The Morgan fingerprint density at radius 2 is 2.24 bits per heavy atom. The number of furan rings is 1. The van der Waals surface area contributed by atoms with Crippen molar-refractivity contribution < 1.29 is 8.81 Å². The second kappa shape index (κ2) is 5.10. The topological polar surface area (TPSA) is 38.1 Å². The molecule has 0 aliphatic heterocycles. The Bertz CT molecular complexity index is 496. The zero-order chi connectivity index (χ0) is 12.3. The van der Waals surface area contributed by atoms with Crippen LogP contribution in [0.2, 0.25) is 0 Å². The highest BCUT2D eigenvalue weighted by molar-refractivity contribution is 5.32. The van der Waals surface area contributed by atoms with E-state index in [9.17, 15) is 4.39 Å². The molecule has 0 spiro atoms. The summed E-state index contributed by atoms with van der Waals surface area (Å²) in [7, 11) is 0. The molecule has 0 aromatic carbocycles. The highest BCUT2D eigenvalue weighted by Gasteiger charge is 2.20. The first kappa shape index (κ1) is 11.8. The van der Waals surface area contributed by atoms with Gasteiger partial charge in [0.15, 0.2) is 0 Å². The van der Waals surface area contributed by atoms with Gasteiger partial charge in [-0.15, -0.1) is 0 Å². The molecular formula is C13H15FN2O. The Morgan fingerprint density at radius 3 is 2.82 bits per heavy atom. The van der Waals surface area contributed by atoms with Crippen molar-refractivity contribution in [2.24, 2.45) is 0 Å². The summed E-state index contributed by atoms with van der Waals surface area (Å²) in [6, 6.07) is 3.36. The first-order valence-corrected chi connectivity index (χ1v) is 5.60. The van der Waals surface area contributed by atoms with Gasteiger partial charge in [0.2, 0.25) is 0 Å². The SMILES string of the molecule is CCNC(c1ccncc1F)c1ccoc1C. The van der Waals surface area contributed by atoms with Crippen LogP contribution in [0, 0.1) is 12.7 Å². The molecule has 17 heavy (non-hydrogen) atoms. The van der Waals surface area contributed by atoms with Gasteiger partial charge < -0.3 is 9.73 Å². The highest BCUT2D eigenvalue weighted by Crippen LogP contribution is 2.26. The van der Waals surface area contributed by atoms with Gasteiger partial charge in [0.05, 0.1) is 18.5 Å². The molecule has 1 N–H and O–H groups in total. The molecule has 0 aliphatic carbocycles. The van der Waals surface area contributed by atoms with E-state index < -0.39 is 0 Å². The molecule has 90 valence electrons. The van der Waals surface area contributed by atoms with E-state index in [1.54, 1.807) is 18.5 Å². The predicted octanol–water partition coefficient (Wildman–Crippen LogP) is 2.82. The molecule has 0 bridgehead atoms. The van der Waals surface area contributed by atoms with E-state index in [1.165, 1.54) is 6.20 Å². The quantitative estimate of drug-likeness (QED) is 0.884. The monoisotopic (exact) mass is 234 g/mol. The standard InChI is InChI=1S/C13H15FN2O/c1-3-16-13(10-5-7-17-9(10)2)11-4-6-15-8-12(11)14/h4-8,13,16H,3H2,1-2H3.